The first kappa shape index (κ1) is 9.78. The zero-order valence-electron chi connectivity index (χ0n) is 8.40. The molecule has 1 aromatic rings. The molecule has 4 heteroatoms. The van der Waals surface area contributed by atoms with Crippen molar-refractivity contribution in [3.63, 3.8) is 0 Å². The minimum atomic E-state index is -0.404. The monoisotopic (exact) mass is 204 g/mol. The standard InChI is InChI=1S/C11H12N2O2/c12-4-6-15-11(14)9-7-10-3-1-2-5-13(10)8-9/h7-8H,1-3,5-6H2. The Labute approximate surface area is 88.1 Å². The molecule has 0 saturated heterocycles. The highest BCUT2D eigenvalue weighted by atomic mass is 16.5. The lowest BCUT2D eigenvalue weighted by Crippen LogP contribution is -2.08. The lowest BCUT2D eigenvalue weighted by atomic mass is 10.1. The van der Waals surface area contributed by atoms with Gasteiger partial charge in [0.2, 0.25) is 0 Å². The van der Waals surface area contributed by atoms with Gasteiger partial charge in [0.15, 0.2) is 6.61 Å². The van der Waals surface area contributed by atoms with Crippen LogP contribution in [0, 0.1) is 11.3 Å². The van der Waals surface area contributed by atoms with Crippen LogP contribution in [0.25, 0.3) is 0 Å². The third-order valence-corrected chi connectivity index (χ3v) is 2.57. The summed E-state index contributed by atoms with van der Waals surface area (Å²) in [7, 11) is 0. The minimum absolute atomic E-state index is 0.181. The van der Waals surface area contributed by atoms with Gasteiger partial charge in [-0.2, -0.15) is 5.26 Å². The van der Waals surface area contributed by atoms with E-state index < -0.39 is 5.97 Å². The zero-order valence-corrected chi connectivity index (χ0v) is 8.40. The second kappa shape index (κ2) is 4.18. The van der Waals surface area contributed by atoms with Crippen LogP contribution in [0.1, 0.15) is 28.9 Å². The van der Waals surface area contributed by atoms with E-state index in [2.05, 4.69) is 4.57 Å². The molecule has 0 aromatic carbocycles. The van der Waals surface area contributed by atoms with Crippen LogP contribution in [-0.2, 0) is 17.7 Å². The molecule has 0 bridgehead atoms. The highest BCUT2D eigenvalue weighted by Gasteiger charge is 2.15. The highest BCUT2D eigenvalue weighted by molar-refractivity contribution is 5.89. The Morgan fingerprint density at radius 2 is 2.47 bits per heavy atom. The summed E-state index contributed by atoms with van der Waals surface area (Å²) in [6.45, 7) is 0.792. The summed E-state index contributed by atoms with van der Waals surface area (Å²) in [6.07, 6.45) is 5.17. The number of rotatable bonds is 2. The van der Waals surface area contributed by atoms with E-state index in [0.717, 1.165) is 19.4 Å². The molecule has 15 heavy (non-hydrogen) atoms. The average molecular weight is 204 g/mol. The number of esters is 1. The van der Waals surface area contributed by atoms with Gasteiger partial charge in [0.25, 0.3) is 0 Å². The average Bonchev–Trinajstić information content (AvgIpc) is 2.69. The van der Waals surface area contributed by atoms with Gasteiger partial charge < -0.3 is 9.30 Å². The summed E-state index contributed by atoms with van der Waals surface area (Å²) in [5.41, 5.74) is 1.74. The molecule has 0 aliphatic carbocycles. The summed E-state index contributed by atoms with van der Waals surface area (Å²) >= 11 is 0. The van der Waals surface area contributed by atoms with E-state index in [1.54, 1.807) is 6.07 Å². The molecule has 0 unspecified atom stereocenters. The molecule has 0 fully saturated rings. The van der Waals surface area contributed by atoms with E-state index in [0.29, 0.717) is 5.56 Å². The second-order valence-electron chi connectivity index (χ2n) is 3.60. The number of carbonyl (C=O) groups is 1. The molecule has 1 aromatic heterocycles. The van der Waals surface area contributed by atoms with Crippen LogP contribution in [0.15, 0.2) is 12.3 Å². The second-order valence-corrected chi connectivity index (χ2v) is 3.60. The first-order valence-corrected chi connectivity index (χ1v) is 5.04. The van der Waals surface area contributed by atoms with E-state index in [9.17, 15) is 4.79 Å². The third-order valence-electron chi connectivity index (χ3n) is 2.57. The summed E-state index contributed by atoms with van der Waals surface area (Å²) < 4.78 is 6.83. The normalized spacial score (nSPS) is 14.1. The number of carbonyl (C=O) groups excluding carboxylic acids is 1. The van der Waals surface area contributed by atoms with Crippen LogP contribution in [-0.4, -0.2) is 17.1 Å². The van der Waals surface area contributed by atoms with E-state index in [1.807, 2.05) is 12.3 Å². The summed E-state index contributed by atoms with van der Waals surface area (Å²) in [4.78, 5) is 11.4. The molecule has 0 N–H and O–H groups in total. The predicted molar refractivity (Wildman–Crippen MR) is 53.3 cm³/mol. The van der Waals surface area contributed by atoms with Crippen molar-refractivity contribution in [3.05, 3.63) is 23.5 Å². The van der Waals surface area contributed by atoms with Crippen LogP contribution in [0.4, 0.5) is 0 Å². The fourth-order valence-corrected chi connectivity index (χ4v) is 1.86. The SMILES string of the molecule is N#CCOC(=O)c1cc2n(c1)CCCC2. The first-order valence-electron chi connectivity index (χ1n) is 5.04. The first-order chi connectivity index (χ1) is 7.31. The number of hydrogen-bond donors (Lipinski definition) is 0. The largest absolute Gasteiger partial charge is 0.447 e. The maximum absolute atomic E-state index is 11.4. The van der Waals surface area contributed by atoms with Gasteiger partial charge >= 0.3 is 5.97 Å². The Morgan fingerprint density at radius 1 is 1.60 bits per heavy atom. The van der Waals surface area contributed by atoms with Gasteiger partial charge in [0, 0.05) is 18.4 Å². The van der Waals surface area contributed by atoms with E-state index in [-0.39, 0.29) is 6.61 Å². The molecule has 0 spiro atoms. The van der Waals surface area contributed by atoms with Gasteiger partial charge in [-0.05, 0) is 25.3 Å². The summed E-state index contributed by atoms with van der Waals surface area (Å²) in [6, 6.07) is 3.64. The molecule has 2 heterocycles. The van der Waals surface area contributed by atoms with E-state index in [4.69, 9.17) is 10.00 Å². The molecule has 1 aliphatic rings. The molecule has 0 saturated carbocycles. The maximum atomic E-state index is 11.4. The van der Waals surface area contributed by atoms with Crippen molar-refractivity contribution in [2.24, 2.45) is 0 Å². The van der Waals surface area contributed by atoms with Crippen molar-refractivity contribution in [1.29, 1.82) is 5.26 Å². The molecular weight excluding hydrogens is 192 g/mol. The number of nitrogens with zero attached hydrogens (tertiary/aromatic N) is 2. The summed E-state index contributed by atoms with van der Waals surface area (Å²) in [5.74, 6) is -0.404. The maximum Gasteiger partial charge on any atom is 0.340 e. The Hall–Kier alpha value is -1.76. The molecule has 4 nitrogen and oxygen atoms in total. The quantitative estimate of drug-likeness (QED) is 0.686. The molecule has 2 rings (SSSR count). The van der Waals surface area contributed by atoms with E-state index >= 15 is 0 Å². The number of hydrogen-bond acceptors (Lipinski definition) is 3. The van der Waals surface area contributed by atoms with Gasteiger partial charge in [-0.15, -0.1) is 0 Å². The smallest absolute Gasteiger partial charge is 0.340 e. The van der Waals surface area contributed by atoms with Crippen LogP contribution in [0.2, 0.25) is 0 Å². The lowest BCUT2D eigenvalue weighted by molar-refractivity contribution is 0.0555. The highest BCUT2D eigenvalue weighted by Crippen LogP contribution is 2.18. The third kappa shape index (κ3) is 2.01. The van der Waals surface area contributed by atoms with Gasteiger partial charge in [-0.3, -0.25) is 0 Å². The fourth-order valence-electron chi connectivity index (χ4n) is 1.86. The fraction of sp³-hybridized carbons (Fsp3) is 0.455. The Balaban J connectivity index is 2.12. The molecule has 78 valence electrons. The molecule has 0 radical (unpaired) electrons. The van der Waals surface area contributed by atoms with Crippen LogP contribution in [0.5, 0.6) is 0 Å². The van der Waals surface area contributed by atoms with Gasteiger partial charge in [0.05, 0.1) is 5.56 Å². The number of aryl methyl sites for hydroxylation is 2. The zero-order chi connectivity index (χ0) is 10.7. The Morgan fingerprint density at radius 3 is 3.20 bits per heavy atom. The molecule has 0 atom stereocenters. The number of ether oxygens (including phenoxy) is 1. The number of fused-ring (bicyclic) bond motifs is 1. The van der Waals surface area contributed by atoms with Crippen LogP contribution < -0.4 is 0 Å². The van der Waals surface area contributed by atoms with Crippen molar-refractivity contribution in [1.82, 2.24) is 4.57 Å². The van der Waals surface area contributed by atoms with Gasteiger partial charge in [0.1, 0.15) is 6.07 Å². The topological polar surface area (TPSA) is 55.0 Å². The minimum Gasteiger partial charge on any atom is -0.447 e. The molecular formula is C11H12N2O2. The van der Waals surface area contributed by atoms with Crippen molar-refractivity contribution in [3.8, 4) is 6.07 Å². The molecule has 1 aliphatic heterocycles. The van der Waals surface area contributed by atoms with Crippen LogP contribution in [0.3, 0.4) is 0 Å². The van der Waals surface area contributed by atoms with Gasteiger partial charge in [-0.1, -0.05) is 0 Å². The van der Waals surface area contributed by atoms with Crippen molar-refractivity contribution in [2.45, 2.75) is 25.8 Å². The van der Waals surface area contributed by atoms with Gasteiger partial charge in [-0.25, -0.2) is 4.79 Å². The number of nitriles is 1. The summed E-state index contributed by atoms with van der Waals surface area (Å²) in [5, 5.41) is 8.29. The Bertz CT molecular complexity index is 391. The van der Waals surface area contributed by atoms with Crippen molar-refractivity contribution in [2.75, 3.05) is 6.61 Å². The van der Waals surface area contributed by atoms with Crippen molar-refractivity contribution < 1.29 is 9.53 Å². The predicted octanol–water partition coefficient (Wildman–Crippen LogP) is 1.50. The van der Waals surface area contributed by atoms with Crippen molar-refractivity contribution >= 4 is 5.97 Å². The molecule has 0 amide bonds. The number of aromatic nitrogens is 1. The van der Waals surface area contributed by atoms with E-state index in [1.165, 1.54) is 12.1 Å². The van der Waals surface area contributed by atoms with Crippen LogP contribution >= 0.6 is 0 Å². The lowest BCUT2D eigenvalue weighted by Gasteiger charge is -2.13. The Kier molecular flexibility index (Phi) is 2.72.